The monoisotopic (exact) mass is 945 g/mol. The fourth-order valence-corrected chi connectivity index (χ4v) is 10.7. The number of hydroxylamine groups is 2. The zero-order valence-electron chi connectivity index (χ0n) is 26.9. The summed E-state index contributed by atoms with van der Waals surface area (Å²) in [6.07, 6.45) is -10.4. The van der Waals surface area contributed by atoms with Crippen LogP contribution in [0.3, 0.4) is 0 Å². The predicted octanol–water partition coefficient (Wildman–Crippen LogP) is -2.96. The molecule has 2 saturated heterocycles. The minimum absolute atomic E-state index is 0.00272. The molecule has 0 amide bonds. The molecule has 0 bridgehead atoms. The standard InChI is InChI=1S/C21H31IN11O18P3/c1-30-12-14(27-21(24)29-16(12)36)31(5-22-30)19-18(38)33(39)17(37)9(49-19)4-47-53(42,43)51-54(44,45)50-52(40,41)46-3-8-7(34)2-10(48-8)32-6-25-11-13(32)26-20(23)28-15(11)35/h5-10,17-19,34,37-39H,2-4H2,1H3,(H,40,41)(H,42,43)(H,44,45)(H3,23,26,28,35)(H3,24,27,29,36)/t7-,8+,9?,10+,17+,18-,19+/m0/s1. The molecule has 54 heavy (non-hydrogen) atoms. The van der Waals surface area contributed by atoms with Crippen molar-refractivity contribution >= 4 is 83.2 Å². The third kappa shape index (κ3) is 8.60. The summed E-state index contributed by atoms with van der Waals surface area (Å²) < 4.78 is 70.6. The van der Waals surface area contributed by atoms with Crippen LogP contribution < -0.4 is 30.6 Å². The first-order valence-corrected chi connectivity index (χ1v) is 21.5. The van der Waals surface area contributed by atoms with Gasteiger partial charge in [0.25, 0.3) is 11.1 Å². The van der Waals surface area contributed by atoms with E-state index in [1.54, 1.807) is 10.2 Å². The van der Waals surface area contributed by atoms with Gasteiger partial charge in [-0.05, 0) is 0 Å². The van der Waals surface area contributed by atoms with E-state index < -0.39 is 112 Å². The molecule has 3 aliphatic rings. The number of phosphoric acid groups is 3. The molecule has 0 aliphatic carbocycles. The lowest BCUT2D eigenvalue weighted by molar-refractivity contribution is -0.358. The fourth-order valence-electron chi connectivity index (χ4n) is 5.27. The second kappa shape index (κ2) is 15.2. The van der Waals surface area contributed by atoms with Crippen molar-refractivity contribution in [1.82, 2.24) is 34.6 Å². The molecule has 300 valence electrons. The van der Waals surface area contributed by atoms with E-state index in [1.807, 2.05) is 0 Å². The summed E-state index contributed by atoms with van der Waals surface area (Å²) in [4.78, 5) is 72.4. The number of phosphoric ester groups is 2. The van der Waals surface area contributed by atoms with Crippen LogP contribution in [-0.4, -0.2) is 131 Å². The number of H-pyrrole nitrogens is 2. The summed E-state index contributed by atoms with van der Waals surface area (Å²) in [7, 11) is -15.8. The van der Waals surface area contributed by atoms with Crippen molar-refractivity contribution in [3.8, 4) is 0 Å². The number of aliphatic hydroxyl groups is 3. The predicted molar refractivity (Wildman–Crippen MR) is 185 cm³/mol. The number of ether oxygens (including phenoxy) is 2. The Morgan fingerprint density at radius 1 is 0.926 bits per heavy atom. The van der Waals surface area contributed by atoms with Crippen molar-refractivity contribution in [1.29, 1.82) is 0 Å². The van der Waals surface area contributed by atoms with Crippen molar-refractivity contribution in [2.75, 3.05) is 39.7 Å². The summed E-state index contributed by atoms with van der Waals surface area (Å²) in [6, 6.07) is 0. The van der Waals surface area contributed by atoms with Gasteiger partial charge in [0.15, 0.2) is 41.4 Å². The van der Waals surface area contributed by atoms with E-state index in [0.717, 1.165) is 4.90 Å². The van der Waals surface area contributed by atoms with E-state index in [0.29, 0.717) is 0 Å². The van der Waals surface area contributed by atoms with Gasteiger partial charge in [-0.3, -0.25) is 38.1 Å². The van der Waals surface area contributed by atoms with Crippen LogP contribution in [0.5, 0.6) is 0 Å². The van der Waals surface area contributed by atoms with Crippen LogP contribution in [0.1, 0.15) is 12.6 Å². The lowest BCUT2D eigenvalue weighted by Gasteiger charge is -2.46. The number of aromatic nitrogens is 6. The number of hydrogen-bond acceptors (Lipinski definition) is 23. The number of aliphatic hydroxyl groups excluding tert-OH is 3. The van der Waals surface area contributed by atoms with Gasteiger partial charge in [-0.1, -0.05) is 0 Å². The Balaban J connectivity index is 1.05. The number of rotatable bonds is 12. The third-order valence-electron chi connectivity index (χ3n) is 7.64. The summed E-state index contributed by atoms with van der Waals surface area (Å²) in [6.45, 7) is -2.15. The first-order valence-electron chi connectivity index (χ1n) is 14.8. The average molecular weight is 945 g/mol. The van der Waals surface area contributed by atoms with Crippen LogP contribution in [0.2, 0.25) is 0 Å². The van der Waals surface area contributed by atoms with Gasteiger partial charge in [0.05, 0.1) is 29.8 Å². The van der Waals surface area contributed by atoms with E-state index in [-0.39, 0.29) is 46.0 Å². The van der Waals surface area contributed by atoms with Gasteiger partial charge in [-0.2, -0.15) is 18.6 Å². The number of aromatic amines is 2. The smallest absolute Gasteiger partial charge is 0.390 e. The molecular formula is C21H31IN11O18P3. The molecule has 29 nitrogen and oxygen atoms in total. The topological polar surface area (TPSA) is 419 Å². The highest BCUT2D eigenvalue weighted by atomic mass is 127. The Kier molecular flexibility index (Phi) is 11.5. The highest BCUT2D eigenvalue weighted by Gasteiger charge is 2.49. The molecular weight excluding hydrogens is 914 g/mol. The van der Waals surface area contributed by atoms with Gasteiger partial charge >= 0.3 is 23.5 Å². The number of halogens is 1. The molecule has 3 aromatic rings. The summed E-state index contributed by atoms with van der Waals surface area (Å²) in [5.41, 5.74) is 9.88. The number of fused-ring (bicyclic) bond motifs is 2. The maximum Gasteiger partial charge on any atom is 0.490 e. The minimum atomic E-state index is -6.01. The van der Waals surface area contributed by atoms with Gasteiger partial charge in [-0.15, -0.1) is 5.06 Å². The maximum atomic E-state index is 12.6. The molecule has 0 saturated carbocycles. The number of hydrogen-bond donors (Lipinski definition) is 11. The van der Waals surface area contributed by atoms with Gasteiger partial charge < -0.3 is 59.3 Å². The first kappa shape index (κ1) is 40.8. The van der Waals surface area contributed by atoms with Gasteiger partial charge in [0, 0.05) is 34.5 Å². The molecule has 0 spiro atoms. The molecule has 2 fully saturated rings. The van der Waals surface area contributed by atoms with Crippen molar-refractivity contribution in [2.24, 2.45) is 0 Å². The minimum Gasteiger partial charge on any atom is -0.390 e. The molecule has 4 unspecified atom stereocenters. The van der Waals surface area contributed by atoms with Gasteiger partial charge in [-0.25, -0.2) is 18.7 Å². The quantitative estimate of drug-likeness (QED) is 0.0491. The number of anilines is 4. The van der Waals surface area contributed by atoms with E-state index in [1.165, 1.54) is 15.0 Å². The van der Waals surface area contributed by atoms with Crippen LogP contribution >= 0.6 is 44.5 Å². The first-order chi connectivity index (χ1) is 25.1. The van der Waals surface area contributed by atoms with Crippen molar-refractivity contribution in [3.05, 3.63) is 27.0 Å². The molecule has 6 rings (SSSR count). The Hall–Kier alpha value is -2.84. The molecule has 10 atom stereocenters. The second-order valence-corrected chi connectivity index (χ2v) is 18.5. The van der Waals surface area contributed by atoms with Gasteiger partial charge in [0.2, 0.25) is 11.9 Å². The van der Waals surface area contributed by atoms with E-state index in [9.17, 15) is 58.5 Å². The Bertz CT molecular complexity index is 2210. The number of imidazole rings is 1. The number of morpholine rings is 1. The van der Waals surface area contributed by atoms with E-state index in [2.05, 4.69) is 42.6 Å². The molecule has 3 aliphatic heterocycles. The van der Waals surface area contributed by atoms with Gasteiger partial charge in [0.1, 0.15) is 18.4 Å². The number of nitrogen functional groups attached to an aromatic ring is 2. The Morgan fingerprint density at radius 3 is 2.20 bits per heavy atom. The Labute approximate surface area is 309 Å². The van der Waals surface area contributed by atoms with Crippen molar-refractivity contribution < 1.29 is 76.0 Å². The van der Waals surface area contributed by atoms with Crippen LogP contribution in [0.25, 0.3) is 11.2 Å². The average Bonchev–Trinajstić information content (AvgIpc) is 3.64. The van der Waals surface area contributed by atoms with E-state index >= 15 is 0 Å². The third-order valence-corrected chi connectivity index (χ3v) is 14.1. The SMILES string of the molecule is CN1I=CN([C@@H]2OC(COP(=O)(O)OP(=O)(O)OP(=O)(O)OC[C@H]3O[C@@H](n4cnc5c(=O)[nH]c(N)nc54)C[C@@H]3O)[C@@H](O)N(O)[C@H]2O)c2nc(N)[nH]c(=O)c21. The summed E-state index contributed by atoms with van der Waals surface area (Å²) >= 11 is -1.09. The lowest BCUT2D eigenvalue weighted by Crippen LogP contribution is -2.65. The molecule has 13 N–H and O–H groups in total. The van der Waals surface area contributed by atoms with Crippen LogP contribution in [0.15, 0.2) is 15.9 Å². The highest BCUT2D eigenvalue weighted by molar-refractivity contribution is 14.2. The normalized spacial score (nSPS) is 29.7. The molecule has 33 heteroatoms. The molecule has 6 heterocycles. The van der Waals surface area contributed by atoms with Crippen molar-refractivity contribution in [3.63, 3.8) is 0 Å². The number of nitrogens with one attached hydrogen (secondary N) is 2. The molecule has 0 radical (unpaired) electrons. The fraction of sp³-hybridized carbons (Fsp3) is 0.524. The van der Waals surface area contributed by atoms with Crippen LogP contribution in [-0.2, 0) is 40.8 Å². The maximum absolute atomic E-state index is 12.6. The van der Waals surface area contributed by atoms with Crippen LogP contribution in [0, 0.1) is 0 Å². The number of nitrogens with two attached hydrogens (primary N) is 2. The largest absolute Gasteiger partial charge is 0.490 e. The zero-order valence-corrected chi connectivity index (χ0v) is 31.8. The van der Waals surface area contributed by atoms with Crippen LogP contribution in [0.4, 0.5) is 23.4 Å². The van der Waals surface area contributed by atoms with E-state index in [4.69, 9.17) is 20.9 Å². The Morgan fingerprint density at radius 2 is 1.54 bits per heavy atom. The highest BCUT2D eigenvalue weighted by Crippen LogP contribution is 2.67. The molecule has 0 aromatic carbocycles. The summed E-state index contributed by atoms with van der Waals surface area (Å²) in [5, 5.41) is 41.9. The number of nitrogens with zero attached hydrogens (tertiary/aromatic N) is 7. The van der Waals surface area contributed by atoms with Crippen molar-refractivity contribution in [2.45, 2.75) is 49.6 Å². The second-order valence-electron chi connectivity index (χ2n) is 11.3. The zero-order chi connectivity index (χ0) is 39.5. The molecule has 3 aromatic heterocycles. The summed E-state index contributed by atoms with van der Waals surface area (Å²) in [5.74, 6) is -0.671. The lowest BCUT2D eigenvalue weighted by atomic mass is 10.2.